The van der Waals surface area contributed by atoms with E-state index in [0.29, 0.717) is 5.56 Å². The number of halogens is 2. The van der Waals surface area contributed by atoms with E-state index in [-0.39, 0.29) is 22.5 Å². The third-order valence-corrected chi connectivity index (χ3v) is 4.77. The summed E-state index contributed by atoms with van der Waals surface area (Å²) in [5, 5.41) is 15.6. The number of aliphatic carboxylic acids is 1. The lowest BCUT2D eigenvalue weighted by Crippen LogP contribution is -2.41. The Balaban J connectivity index is 1.95. The van der Waals surface area contributed by atoms with E-state index in [0.717, 1.165) is 23.9 Å². The Kier molecular flexibility index (Phi) is 5.65. The Morgan fingerprint density at radius 2 is 1.79 bits per heavy atom. The molecule has 0 aliphatic carbocycles. The van der Waals surface area contributed by atoms with Crippen LogP contribution in [0.25, 0.3) is 11.3 Å². The fraction of sp³-hybridized carbons (Fsp3) is 0.0526. The predicted molar refractivity (Wildman–Crippen MR) is 102 cm³/mol. The van der Waals surface area contributed by atoms with Gasteiger partial charge in [-0.15, -0.1) is 0 Å². The molecule has 6 nitrogen and oxygen atoms in total. The SMILES string of the molecule is NC(=C(C(=O)NC1NC(C(=O)O)=CS1)c1ccccc1)c1ccc(F)c(F)c1. The molecule has 0 aromatic heterocycles. The van der Waals surface area contributed by atoms with Gasteiger partial charge in [0.15, 0.2) is 17.1 Å². The van der Waals surface area contributed by atoms with Crippen LogP contribution in [0.2, 0.25) is 0 Å². The van der Waals surface area contributed by atoms with Crippen molar-refractivity contribution in [3.05, 3.63) is 82.4 Å². The topological polar surface area (TPSA) is 104 Å². The zero-order valence-electron chi connectivity index (χ0n) is 14.3. The summed E-state index contributed by atoms with van der Waals surface area (Å²) < 4.78 is 26.9. The van der Waals surface area contributed by atoms with Gasteiger partial charge >= 0.3 is 5.97 Å². The highest BCUT2D eigenvalue weighted by atomic mass is 32.2. The molecule has 3 rings (SSSR count). The second kappa shape index (κ2) is 8.13. The summed E-state index contributed by atoms with van der Waals surface area (Å²) in [4.78, 5) is 23.9. The van der Waals surface area contributed by atoms with Crippen molar-refractivity contribution in [3.63, 3.8) is 0 Å². The zero-order chi connectivity index (χ0) is 20.3. The van der Waals surface area contributed by atoms with Crippen molar-refractivity contribution in [2.24, 2.45) is 5.73 Å². The van der Waals surface area contributed by atoms with Gasteiger partial charge in [0.25, 0.3) is 5.91 Å². The van der Waals surface area contributed by atoms with Crippen LogP contribution in [0.4, 0.5) is 8.78 Å². The molecule has 1 aliphatic heterocycles. The van der Waals surface area contributed by atoms with Crippen LogP contribution in [0.15, 0.2) is 59.6 Å². The van der Waals surface area contributed by atoms with Gasteiger partial charge in [-0.2, -0.15) is 0 Å². The molecule has 1 aliphatic rings. The molecule has 0 fully saturated rings. The summed E-state index contributed by atoms with van der Waals surface area (Å²) in [6.07, 6.45) is 0. The van der Waals surface area contributed by atoms with Crippen LogP contribution in [0.1, 0.15) is 11.1 Å². The van der Waals surface area contributed by atoms with Crippen LogP contribution in [0.5, 0.6) is 0 Å². The molecule has 1 amide bonds. The molecule has 0 radical (unpaired) electrons. The number of rotatable bonds is 5. The van der Waals surface area contributed by atoms with Crippen molar-refractivity contribution in [1.82, 2.24) is 10.6 Å². The van der Waals surface area contributed by atoms with Crippen LogP contribution in [-0.2, 0) is 9.59 Å². The van der Waals surface area contributed by atoms with Gasteiger partial charge in [0.1, 0.15) is 5.70 Å². The number of amides is 1. The smallest absolute Gasteiger partial charge is 0.352 e. The Bertz CT molecular complexity index is 993. The first-order chi connectivity index (χ1) is 13.4. The maximum atomic E-state index is 13.6. The van der Waals surface area contributed by atoms with E-state index < -0.39 is 29.0 Å². The largest absolute Gasteiger partial charge is 0.477 e. The van der Waals surface area contributed by atoms with Gasteiger partial charge in [-0.05, 0) is 23.8 Å². The van der Waals surface area contributed by atoms with Crippen molar-refractivity contribution >= 4 is 34.9 Å². The first-order valence-electron chi connectivity index (χ1n) is 8.03. The molecule has 1 unspecified atom stereocenters. The van der Waals surface area contributed by atoms with Gasteiger partial charge < -0.3 is 21.5 Å². The summed E-state index contributed by atoms with van der Waals surface area (Å²) in [6, 6.07) is 11.6. The van der Waals surface area contributed by atoms with Crippen LogP contribution < -0.4 is 16.4 Å². The minimum Gasteiger partial charge on any atom is -0.477 e. The fourth-order valence-corrected chi connectivity index (χ4v) is 3.35. The van der Waals surface area contributed by atoms with Gasteiger partial charge in [-0.3, -0.25) is 4.79 Å². The maximum Gasteiger partial charge on any atom is 0.352 e. The molecule has 0 spiro atoms. The number of benzene rings is 2. The van der Waals surface area contributed by atoms with E-state index in [9.17, 15) is 18.4 Å². The van der Waals surface area contributed by atoms with Gasteiger partial charge in [0.05, 0.1) is 11.3 Å². The highest BCUT2D eigenvalue weighted by Crippen LogP contribution is 2.26. The molecule has 5 N–H and O–H groups in total. The number of carboxylic acids is 1. The van der Waals surface area contributed by atoms with Crippen LogP contribution >= 0.6 is 11.8 Å². The lowest BCUT2D eigenvalue weighted by atomic mass is 9.99. The molecule has 1 heterocycles. The number of hydrogen-bond acceptors (Lipinski definition) is 5. The summed E-state index contributed by atoms with van der Waals surface area (Å²) in [7, 11) is 0. The van der Waals surface area contributed by atoms with Crippen molar-refractivity contribution in [2.45, 2.75) is 5.50 Å². The van der Waals surface area contributed by atoms with E-state index >= 15 is 0 Å². The molecule has 0 saturated carbocycles. The summed E-state index contributed by atoms with van der Waals surface area (Å²) in [5.41, 5.74) is 6.00. The van der Waals surface area contributed by atoms with E-state index in [1.165, 1.54) is 11.5 Å². The molecule has 2 aromatic carbocycles. The highest BCUT2D eigenvalue weighted by Gasteiger charge is 2.25. The molecular formula is C19H15F2N3O3S. The van der Waals surface area contributed by atoms with Crippen LogP contribution in [-0.4, -0.2) is 22.5 Å². The van der Waals surface area contributed by atoms with Crippen molar-refractivity contribution in [2.75, 3.05) is 0 Å². The highest BCUT2D eigenvalue weighted by molar-refractivity contribution is 8.03. The number of thioether (sulfide) groups is 1. The first kappa shape index (κ1) is 19.4. The minimum absolute atomic E-state index is 0.0444. The van der Waals surface area contributed by atoms with Gasteiger partial charge in [0.2, 0.25) is 0 Å². The van der Waals surface area contributed by atoms with E-state index in [1.807, 2.05) is 0 Å². The number of nitrogens with one attached hydrogen (secondary N) is 2. The van der Waals surface area contributed by atoms with Crippen LogP contribution in [0.3, 0.4) is 0 Å². The molecule has 0 saturated heterocycles. The van der Waals surface area contributed by atoms with E-state index in [2.05, 4.69) is 10.6 Å². The fourth-order valence-electron chi connectivity index (χ4n) is 2.54. The number of carbonyl (C=O) groups is 2. The summed E-state index contributed by atoms with van der Waals surface area (Å²) >= 11 is 1.07. The second-order valence-corrected chi connectivity index (χ2v) is 6.73. The maximum absolute atomic E-state index is 13.6. The number of carbonyl (C=O) groups excluding carboxylic acids is 1. The average Bonchev–Trinajstić information content (AvgIpc) is 3.13. The second-order valence-electron chi connectivity index (χ2n) is 5.75. The molecule has 9 heteroatoms. The molecule has 2 aromatic rings. The van der Waals surface area contributed by atoms with Crippen LogP contribution in [0, 0.1) is 11.6 Å². The third kappa shape index (κ3) is 4.15. The molecule has 0 bridgehead atoms. The van der Waals surface area contributed by atoms with Crippen molar-refractivity contribution in [1.29, 1.82) is 0 Å². The Labute approximate surface area is 163 Å². The monoisotopic (exact) mass is 403 g/mol. The lowest BCUT2D eigenvalue weighted by Gasteiger charge is -2.17. The minimum atomic E-state index is -1.15. The molecule has 28 heavy (non-hydrogen) atoms. The predicted octanol–water partition coefficient (Wildman–Crippen LogP) is 2.45. The molecule has 144 valence electrons. The quantitative estimate of drug-likeness (QED) is 0.452. The van der Waals surface area contributed by atoms with Crippen molar-refractivity contribution < 1.29 is 23.5 Å². The summed E-state index contributed by atoms with van der Waals surface area (Å²) in [6.45, 7) is 0. The Morgan fingerprint density at radius 3 is 2.39 bits per heavy atom. The van der Waals surface area contributed by atoms with E-state index in [4.69, 9.17) is 10.8 Å². The molecular weight excluding hydrogens is 388 g/mol. The summed E-state index contributed by atoms with van der Waals surface area (Å²) in [5.74, 6) is -3.86. The standard InChI is InChI=1S/C19H15F2N3O3S/c20-12-7-6-11(8-13(12)21)16(22)15(10-4-2-1-3-5-10)17(25)24-19-23-14(9-28-19)18(26)27/h1-9,19,23H,22H2,(H,24,25)(H,26,27). The third-order valence-electron chi connectivity index (χ3n) is 3.89. The molecule has 1 atom stereocenters. The van der Waals surface area contributed by atoms with Crippen molar-refractivity contribution in [3.8, 4) is 0 Å². The normalized spacial score (nSPS) is 16.6. The first-order valence-corrected chi connectivity index (χ1v) is 8.98. The van der Waals surface area contributed by atoms with Gasteiger partial charge in [-0.1, -0.05) is 42.1 Å². The van der Waals surface area contributed by atoms with Gasteiger partial charge in [0, 0.05) is 11.0 Å². The van der Waals surface area contributed by atoms with Gasteiger partial charge in [-0.25, -0.2) is 13.6 Å². The number of carboxylic acid groups (broad SMARTS) is 1. The number of hydrogen-bond donors (Lipinski definition) is 4. The average molecular weight is 403 g/mol. The van der Waals surface area contributed by atoms with E-state index in [1.54, 1.807) is 30.3 Å². The lowest BCUT2D eigenvalue weighted by molar-refractivity contribution is -0.133. The Hall–Kier alpha value is -3.33. The number of nitrogens with two attached hydrogens (primary N) is 1. The Morgan fingerprint density at radius 1 is 1.07 bits per heavy atom. The zero-order valence-corrected chi connectivity index (χ0v) is 15.1.